The van der Waals surface area contributed by atoms with Crippen LogP contribution < -0.4 is 10.1 Å². The number of furan rings is 1. The summed E-state index contributed by atoms with van der Waals surface area (Å²) < 4.78 is 11.0. The van der Waals surface area contributed by atoms with Crippen LogP contribution in [0.25, 0.3) is 0 Å². The number of aryl methyl sites for hydroxylation is 1. The molecule has 0 saturated carbocycles. The summed E-state index contributed by atoms with van der Waals surface area (Å²) in [6, 6.07) is 16.5. The Morgan fingerprint density at radius 2 is 1.96 bits per heavy atom. The van der Waals surface area contributed by atoms with E-state index in [0.29, 0.717) is 16.3 Å². The molecule has 0 bridgehead atoms. The first-order valence-electron chi connectivity index (χ1n) is 7.45. The molecule has 24 heavy (non-hydrogen) atoms. The molecule has 1 heterocycles. The van der Waals surface area contributed by atoms with Crippen LogP contribution >= 0.6 is 11.6 Å². The summed E-state index contributed by atoms with van der Waals surface area (Å²) in [6.07, 6.45) is 1.47. The highest BCUT2D eigenvalue weighted by Crippen LogP contribution is 2.24. The molecule has 3 aromatic rings. The molecule has 0 aliphatic heterocycles. The maximum atomic E-state index is 12.4. The van der Waals surface area contributed by atoms with Crippen molar-refractivity contribution >= 4 is 23.2 Å². The van der Waals surface area contributed by atoms with E-state index in [-0.39, 0.29) is 18.3 Å². The van der Waals surface area contributed by atoms with Gasteiger partial charge in [0, 0.05) is 5.56 Å². The van der Waals surface area contributed by atoms with Crippen LogP contribution in [-0.4, -0.2) is 5.91 Å². The number of rotatable bonds is 5. The Balaban J connectivity index is 1.71. The molecule has 0 unspecified atom stereocenters. The van der Waals surface area contributed by atoms with Crippen molar-refractivity contribution in [2.75, 3.05) is 5.32 Å². The Morgan fingerprint density at radius 1 is 1.17 bits per heavy atom. The molecule has 0 saturated heterocycles. The summed E-state index contributed by atoms with van der Waals surface area (Å²) in [5.74, 6) is 0.576. The summed E-state index contributed by atoms with van der Waals surface area (Å²) in [7, 11) is 0. The summed E-state index contributed by atoms with van der Waals surface area (Å²) in [4.78, 5) is 12.4. The molecule has 4 nitrogen and oxygen atoms in total. The maximum Gasteiger partial charge on any atom is 0.291 e. The fourth-order valence-electron chi connectivity index (χ4n) is 2.23. The quantitative estimate of drug-likeness (QED) is 0.704. The monoisotopic (exact) mass is 341 g/mol. The van der Waals surface area contributed by atoms with Gasteiger partial charge >= 0.3 is 0 Å². The minimum atomic E-state index is -0.364. The molecule has 0 spiro atoms. The van der Waals surface area contributed by atoms with Crippen LogP contribution in [0, 0.1) is 6.92 Å². The van der Waals surface area contributed by atoms with Crippen molar-refractivity contribution < 1.29 is 13.9 Å². The van der Waals surface area contributed by atoms with Gasteiger partial charge in [-0.1, -0.05) is 35.9 Å². The topological polar surface area (TPSA) is 51.5 Å². The average molecular weight is 342 g/mol. The molecule has 0 atom stereocenters. The molecule has 1 amide bonds. The fraction of sp³-hybridized carbons (Fsp3) is 0.105. The van der Waals surface area contributed by atoms with Crippen molar-refractivity contribution in [2.45, 2.75) is 13.5 Å². The number of amides is 1. The van der Waals surface area contributed by atoms with E-state index in [0.717, 1.165) is 11.3 Å². The van der Waals surface area contributed by atoms with Crippen molar-refractivity contribution in [1.29, 1.82) is 0 Å². The molecule has 3 rings (SSSR count). The first-order chi connectivity index (χ1) is 11.6. The Labute approximate surface area is 145 Å². The highest BCUT2D eigenvalue weighted by atomic mass is 35.5. The van der Waals surface area contributed by atoms with Gasteiger partial charge in [0.05, 0.1) is 17.0 Å². The number of carbonyl (C=O) groups excluding carboxylic acids is 1. The normalized spacial score (nSPS) is 10.4. The van der Waals surface area contributed by atoms with E-state index in [4.69, 9.17) is 20.8 Å². The van der Waals surface area contributed by atoms with Gasteiger partial charge in [-0.15, -0.1) is 0 Å². The Hall–Kier alpha value is -2.72. The van der Waals surface area contributed by atoms with Crippen LogP contribution in [0.2, 0.25) is 5.02 Å². The average Bonchev–Trinajstić information content (AvgIpc) is 3.05. The predicted octanol–water partition coefficient (Wildman–Crippen LogP) is 5.07. The Bertz CT molecular complexity index is 843. The van der Waals surface area contributed by atoms with E-state index in [2.05, 4.69) is 5.32 Å². The lowest BCUT2D eigenvalue weighted by Gasteiger charge is -2.09. The van der Waals surface area contributed by atoms with Gasteiger partial charge < -0.3 is 14.5 Å². The second-order valence-electron chi connectivity index (χ2n) is 5.31. The van der Waals surface area contributed by atoms with Crippen molar-refractivity contribution in [1.82, 2.24) is 0 Å². The van der Waals surface area contributed by atoms with Crippen LogP contribution in [0.15, 0.2) is 65.3 Å². The number of ether oxygens (including phenoxy) is 1. The van der Waals surface area contributed by atoms with Gasteiger partial charge in [-0.3, -0.25) is 4.79 Å². The van der Waals surface area contributed by atoms with Crippen LogP contribution in [0.1, 0.15) is 21.7 Å². The molecular weight excluding hydrogens is 326 g/mol. The number of anilines is 1. The fourth-order valence-corrected chi connectivity index (χ4v) is 2.51. The first kappa shape index (κ1) is 16.1. The Kier molecular flexibility index (Phi) is 4.87. The third kappa shape index (κ3) is 3.78. The molecule has 122 valence electrons. The number of para-hydroxylation sites is 1. The number of hydrogen-bond acceptors (Lipinski definition) is 3. The lowest BCUT2D eigenvalue weighted by Crippen LogP contribution is -2.14. The van der Waals surface area contributed by atoms with Crippen molar-refractivity contribution in [3.05, 3.63) is 82.8 Å². The van der Waals surface area contributed by atoms with E-state index in [1.807, 2.05) is 43.3 Å². The van der Waals surface area contributed by atoms with Crippen LogP contribution in [0.4, 0.5) is 5.69 Å². The zero-order valence-corrected chi connectivity index (χ0v) is 13.8. The van der Waals surface area contributed by atoms with Gasteiger partial charge in [0.25, 0.3) is 5.91 Å². The second-order valence-corrected chi connectivity index (χ2v) is 5.72. The maximum absolute atomic E-state index is 12.4. The van der Waals surface area contributed by atoms with Gasteiger partial charge in [-0.05, 0) is 42.8 Å². The van der Waals surface area contributed by atoms with Crippen LogP contribution in [-0.2, 0) is 6.61 Å². The first-order valence-corrected chi connectivity index (χ1v) is 7.83. The number of nitrogens with one attached hydrogen (secondary N) is 1. The van der Waals surface area contributed by atoms with Crippen molar-refractivity contribution in [3.8, 4) is 5.75 Å². The van der Waals surface area contributed by atoms with Crippen molar-refractivity contribution in [2.24, 2.45) is 0 Å². The summed E-state index contributed by atoms with van der Waals surface area (Å²) in [6.45, 7) is 2.17. The van der Waals surface area contributed by atoms with Gasteiger partial charge in [0.1, 0.15) is 12.4 Å². The number of benzene rings is 2. The minimum absolute atomic E-state index is 0.211. The van der Waals surface area contributed by atoms with E-state index in [1.54, 1.807) is 18.2 Å². The van der Waals surface area contributed by atoms with E-state index < -0.39 is 0 Å². The SMILES string of the molecule is Cc1ccc(NC(=O)c2occc2COc2ccccc2)c(Cl)c1. The van der Waals surface area contributed by atoms with E-state index in [1.165, 1.54) is 6.26 Å². The molecule has 1 N–H and O–H groups in total. The largest absolute Gasteiger partial charge is 0.489 e. The minimum Gasteiger partial charge on any atom is -0.489 e. The molecule has 0 radical (unpaired) electrons. The highest BCUT2D eigenvalue weighted by Gasteiger charge is 2.17. The number of carbonyl (C=O) groups is 1. The summed E-state index contributed by atoms with van der Waals surface area (Å²) >= 11 is 6.15. The van der Waals surface area contributed by atoms with Gasteiger partial charge in [0.2, 0.25) is 0 Å². The smallest absolute Gasteiger partial charge is 0.291 e. The van der Waals surface area contributed by atoms with E-state index >= 15 is 0 Å². The number of hydrogen-bond donors (Lipinski definition) is 1. The molecule has 2 aromatic carbocycles. The predicted molar refractivity (Wildman–Crippen MR) is 93.6 cm³/mol. The highest BCUT2D eigenvalue weighted by molar-refractivity contribution is 6.34. The van der Waals surface area contributed by atoms with Crippen LogP contribution in [0.5, 0.6) is 5.75 Å². The Morgan fingerprint density at radius 3 is 2.71 bits per heavy atom. The van der Waals surface area contributed by atoms with Gasteiger partial charge in [-0.2, -0.15) is 0 Å². The standard InChI is InChI=1S/C19H16ClNO3/c1-13-7-8-17(16(20)11-13)21-19(22)18-14(9-10-23-18)12-24-15-5-3-2-4-6-15/h2-11H,12H2,1H3,(H,21,22). The summed E-state index contributed by atoms with van der Waals surface area (Å²) in [5.41, 5.74) is 2.23. The van der Waals surface area contributed by atoms with Crippen LogP contribution in [0.3, 0.4) is 0 Å². The molecule has 0 aliphatic rings. The third-order valence-electron chi connectivity index (χ3n) is 3.46. The van der Waals surface area contributed by atoms with Gasteiger partial charge in [-0.25, -0.2) is 0 Å². The summed E-state index contributed by atoms with van der Waals surface area (Å²) in [5, 5.41) is 3.24. The van der Waals surface area contributed by atoms with Gasteiger partial charge in [0.15, 0.2) is 5.76 Å². The van der Waals surface area contributed by atoms with Crippen molar-refractivity contribution in [3.63, 3.8) is 0 Å². The third-order valence-corrected chi connectivity index (χ3v) is 3.78. The second kappa shape index (κ2) is 7.23. The lowest BCUT2D eigenvalue weighted by atomic mass is 10.2. The molecule has 5 heteroatoms. The zero-order chi connectivity index (χ0) is 16.9. The zero-order valence-electron chi connectivity index (χ0n) is 13.1. The molecule has 1 aromatic heterocycles. The molecule has 0 aliphatic carbocycles. The molecular formula is C19H16ClNO3. The van der Waals surface area contributed by atoms with E-state index in [9.17, 15) is 4.79 Å². The molecule has 0 fully saturated rings. The number of halogens is 1. The lowest BCUT2D eigenvalue weighted by molar-refractivity contribution is 0.0993.